The number of aryl methyl sites for hydroxylation is 1. The van der Waals surface area contributed by atoms with Crippen molar-refractivity contribution in [1.29, 1.82) is 0 Å². The van der Waals surface area contributed by atoms with Crippen molar-refractivity contribution >= 4 is 15.8 Å². The average molecular weight is 398 g/mol. The summed E-state index contributed by atoms with van der Waals surface area (Å²) in [7, 11) is -1.50. The van der Waals surface area contributed by atoms with Crippen LogP contribution >= 0.6 is 0 Å². The van der Waals surface area contributed by atoms with Gasteiger partial charge < -0.3 is 15.4 Å². The van der Waals surface area contributed by atoms with Gasteiger partial charge in [-0.05, 0) is 38.8 Å². The number of nitrogens with zero attached hydrogens (tertiary/aromatic N) is 1. The molecular formula is C20H35N3O3S. The Bertz CT molecular complexity index is 728. The second-order valence-electron chi connectivity index (χ2n) is 7.48. The molecule has 0 heterocycles. The molecule has 1 aromatic carbocycles. The number of rotatable bonds is 10. The molecule has 0 radical (unpaired) electrons. The monoisotopic (exact) mass is 397 g/mol. The molecule has 0 atom stereocenters. The van der Waals surface area contributed by atoms with E-state index < -0.39 is 14.6 Å². The lowest BCUT2D eigenvalue weighted by Gasteiger charge is -2.24. The molecule has 0 fully saturated rings. The van der Waals surface area contributed by atoms with Crippen molar-refractivity contribution < 1.29 is 13.2 Å². The van der Waals surface area contributed by atoms with Crippen molar-refractivity contribution in [3.8, 4) is 5.75 Å². The predicted molar refractivity (Wildman–Crippen MR) is 113 cm³/mol. The van der Waals surface area contributed by atoms with Crippen molar-refractivity contribution in [3.05, 3.63) is 29.3 Å². The van der Waals surface area contributed by atoms with Gasteiger partial charge in [-0.2, -0.15) is 0 Å². The van der Waals surface area contributed by atoms with Crippen molar-refractivity contribution in [2.75, 3.05) is 26.5 Å². The zero-order chi connectivity index (χ0) is 20.5. The van der Waals surface area contributed by atoms with E-state index in [0.29, 0.717) is 19.1 Å². The van der Waals surface area contributed by atoms with Crippen LogP contribution in [0.25, 0.3) is 0 Å². The second kappa shape index (κ2) is 10.5. The highest BCUT2D eigenvalue weighted by molar-refractivity contribution is 7.92. The van der Waals surface area contributed by atoms with Crippen LogP contribution in [0.2, 0.25) is 0 Å². The number of aliphatic imine (C=N–C) groups is 1. The third-order valence-corrected chi connectivity index (χ3v) is 6.74. The molecule has 0 aliphatic carbocycles. The van der Waals surface area contributed by atoms with Crippen molar-refractivity contribution in [2.45, 2.75) is 58.2 Å². The summed E-state index contributed by atoms with van der Waals surface area (Å²) in [6.45, 7) is 9.15. The van der Waals surface area contributed by atoms with Crippen LogP contribution in [0, 0.1) is 6.92 Å². The highest BCUT2D eigenvalue weighted by atomic mass is 32.2. The van der Waals surface area contributed by atoms with Crippen LogP contribution in [0.15, 0.2) is 23.2 Å². The maximum absolute atomic E-state index is 11.8. The molecule has 0 saturated heterocycles. The van der Waals surface area contributed by atoms with Gasteiger partial charge in [0, 0.05) is 32.0 Å². The van der Waals surface area contributed by atoms with Crippen LogP contribution in [0.3, 0.4) is 0 Å². The SMILES string of the molecule is CCCCCOc1cc(C)ccc1CNC(=NC)NCC(C)(C)S(C)(=O)=O. The number of unbranched alkanes of at least 4 members (excludes halogenated alkanes) is 2. The molecule has 0 spiro atoms. The van der Waals surface area contributed by atoms with Crippen LogP contribution in [-0.2, 0) is 16.4 Å². The summed E-state index contributed by atoms with van der Waals surface area (Å²) in [6.07, 6.45) is 4.62. The van der Waals surface area contributed by atoms with E-state index in [1.165, 1.54) is 6.26 Å². The van der Waals surface area contributed by atoms with Gasteiger partial charge in [-0.15, -0.1) is 0 Å². The molecule has 6 nitrogen and oxygen atoms in total. The van der Waals surface area contributed by atoms with Gasteiger partial charge in [-0.25, -0.2) is 8.42 Å². The standard InChI is InChI=1S/C20H35N3O3S/c1-7-8-9-12-26-18-13-16(2)10-11-17(18)14-22-19(21-5)23-15-20(3,4)27(6,24)25/h10-11,13H,7-9,12,14-15H2,1-6H3,(H2,21,22,23). The Kier molecular flexibility index (Phi) is 9.09. The minimum atomic E-state index is -3.17. The van der Waals surface area contributed by atoms with Gasteiger partial charge in [0.25, 0.3) is 0 Å². The molecule has 0 aromatic heterocycles. The molecule has 0 aliphatic rings. The first-order valence-corrected chi connectivity index (χ1v) is 11.4. The van der Waals surface area contributed by atoms with Gasteiger partial charge in [0.05, 0.1) is 11.4 Å². The summed E-state index contributed by atoms with van der Waals surface area (Å²) in [5.74, 6) is 1.44. The Morgan fingerprint density at radius 2 is 1.93 bits per heavy atom. The number of hydrogen-bond donors (Lipinski definition) is 2. The lowest BCUT2D eigenvalue weighted by atomic mass is 10.1. The number of benzene rings is 1. The number of ether oxygens (including phenoxy) is 1. The molecule has 0 aliphatic heterocycles. The lowest BCUT2D eigenvalue weighted by Crippen LogP contribution is -2.47. The fourth-order valence-corrected chi connectivity index (χ4v) is 2.64. The van der Waals surface area contributed by atoms with Gasteiger partial charge in [0.15, 0.2) is 15.8 Å². The lowest BCUT2D eigenvalue weighted by molar-refractivity contribution is 0.303. The van der Waals surface area contributed by atoms with Gasteiger partial charge in [-0.3, -0.25) is 4.99 Å². The third-order valence-electron chi connectivity index (χ3n) is 4.58. The Balaban J connectivity index is 2.69. The highest BCUT2D eigenvalue weighted by Gasteiger charge is 2.30. The van der Waals surface area contributed by atoms with E-state index in [9.17, 15) is 8.42 Å². The number of guanidine groups is 1. The average Bonchev–Trinajstić information content (AvgIpc) is 2.59. The predicted octanol–water partition coefficient (Wildman–Crippen LogP) is 3.05. The molecule has 0 unspecified atom stereocenters. The maximum atomic E-state index is 11.8. The van der Waals surface area contributed by atoms with Crippen LogP contribution in [0.1, 0.15) is 51.2 Å². The van der Waals surface area contributed by atoms with E-state index in [2.05, 4.69) is 28.6 Å². The van der Waals surface area contributed by atoms with Crippen molar-refractivity contribution in [2.24, 2.45) is 4.99 Å². The molecule has 0 saturated carbocycles. The number of hydrogen-bond acceptors (Lipinski definition) is 4. The zero-order valence-corrected chi connectivity index (χ0v) is 18.4. The van der Waals surface area contributed by atoms with E-state index in [1.54, 1.807) is 20.9 Å². The summed E-state index contributed by atoms with van der Waals surface area (Å²) >= 11 is 0. The molecule has 2 N–H and O–H groups in total. The maximum Gasteiger partial charge on any atom is 0.191 e. The molecule has 1 rings (SSSR count). The third kappa shape index (κ3) is 7.79. The first kappa shape index (κ1) is 23.3. The summed E-state index contributed by atoms with van der Waals surface area (Å²) in [5, 5.41) is 6.33. The van der Waals surface area contributed by atoms with E-state index >= 15 is 0 Å². The highest BCUT2D eigenvalue weighted by Crippen LogP contribution is 2.21. The fraction of sp³-hybridized carbons (Fsp3) is 0.650. The van der Waals surface area contributed by atoms with Crippen LogP contribution in [0.4, 0.5) is 0 Å². The molecule has 0 bridgehead atoms. The van der Waals surface area contributed by atoms with E-state index in [1.807, 2.05) is 19.1 Å². The van der Waals surface area contributed by atoms with Gasteiger partial charge in [0.2, 0.25) is 0 Å². The topological polar surface area (TPSA) is 79.8 Å². The summed E-state index contributed by atoms with van der Waals surface area (Å²) < 4.78 is 28.8. The smallest absolute Gasteiger partial charge is 0.191 e. The largest absolute Gasteiger partial charge is 0.493 e. The van der Waals surface area contributed by atoms with Gasteiger partial charge in [-0.1, -0.05) is 31.9 Å². The van der Waals surface area contributed by atoms with Crippen LogP contribution < -0.4 is 15.4 Å². The molecule has 7 heteroatoms. The van der Waals surface area contributed by atoms with Crippen molar-refractivity contribution in [1.82, 2.24) is 10.6 Å². The molecule has 0 amide bonds. The normalized spacial score (nSPS) is 12.7. The Labute approximate surface area is 164 Å². The summed E-state index contributed by atoms with van der Waals surface area (Å²) in [5.41, 5.74) is 2.20. The summed E-state index contributed by atoms with van der Waals surface area (Å²) in [4.78, 5) is 4.18. The van der Waals surface area contributed by atoms with Crippen LogP contribution in [-0.4, -0.2) is 45.6 Å². The Morgan fingerprint density at radius 3 is 2.52 bits per heavy atom. The Morgan fingerprint density at radius 1 is 1.22 bits per heavy atom. The van der Waals surface area contributed by atoms with E-state index in [4.69, 9.17) is 4.74 Å². The molecule has 154 valence electrons. The quantitative estimate of drug-likeness (QED) is 0.360. The molecule has 1 aromatic rings. The molecular weight excluding hydrogens is 362 g/mol. The minimum absolute atomic E-state index is 0.278. The molecule has 27 heavy (non-hydrogen) atoms. The Hall–Kier alpha value is -1.76. The minimum Gasteiger partial charge on any atom is -0.493 e. The second-order valence-corrected chi connectivity index (χ2v) is 10.1. The van der Waals surface area contributed by atoms with Gasteiger partial charge >= 0.3 is 0 Å². The number of sulfone groups is 1. The first-order valence-electron chi connectivity index (χ1n) is 9.47. The number of nitrogens with one attached hydrogen (secondary N) is 2. The zero-order valence-electron chi connectivity index (χ0n) is 17.6. The summed E-state index contributed by atoms with van der Waals surface area (Å²) in [6, 6.07) is 6.15. The fourth-order valence-electron chi connectivity index (χ4n) is 2.30. The van der Waals surface area contributed by atoms with Gasteiger partial charge in [0.1, 0.15) is 5.75 Å². The van der Waals surface area contributed by atoms with E-state index in [-0.39, 0.29) is 6.54 Å². The van der Waals surface area contributed by atoms with Crippen molar-refractivity contribution in [3.63, 3.8) is 0 Å². The van der Waals surface area contributed by atoms with E-state index in [0.717, 1.165) is 36.1 Å². The van der Waals surface area contributed by atoms with Crippen LogP contribution in [0.5, 0.6) is 5.75 Å². The first-order chi connectivity index (χ1) is 12.6.